The number of thiazole rings is 1. The molecule has 172 valence electrons. The first-order chi connectivity index (χ1) is 16.7. The van der Waals surface area contributed by atoms with Crippen LogP contribution >= 0.6 is 11.3 Å². The van der Waals surface area contributed by atoms with Gasteiger partial charge in [0.1, 0.15) is 5.82 Å². The van der Waals surface area contributed by atoms with E-state index in [9.17, 15) is 9.18 Å². The number of halogens is 1. The lowest BCUT2D eigenvalue weighted by atomic mass is 10.2. The SMILES string of the molecule is O=C(c1ccnnc1)N(Cc1csc(N2CCN(c3ncccn3)CC2)n1)c1ccc(F)cc1. The average molecular weight is 477 g/mol. The van der Waals surface area contributed by atoms with Gasteiger partial charge in [-0.2, -0.15) is 10.2 Å². The van der Waals surface area contributed by atoms with Crippen LogP contribution in [0.2, 0.25) is 0 Å². The lowest BCUT2D eigenvalue weighted by Crippen LogP contribution is -2.47. The summed E-state index contributed by atoms with van der Waals surface area (Å²) in [6.45, 7) is 3.45. The van der Waals surface area contributed by atoms with Crippen molar-refractivity contribution in [2.45, 2.75) is 6.54 Å². The number of hydrogen-bond acceptors (Lipinski definition) is 9. The quantitative estimate of drug-likeness (QED) is 0.419. The van der Waals surface area contributed by atoms with Crippen LogP contribution in [0, 0.1) is 5.82 Å². The van der Waals surface area contributed by atoms with Crippen LogP contribution in [-0.2, 0) is 6.54 Å². The molecular formula is C23H21FN8OS. The molecule has 5 rings (SSSR count). The Hall–Kier alpha value is -3.99. The van der Waals surface area contributed by atoms with Gasteiger partial charge in [-0.25, -0.2) is 19.3 Å². The van der Waals surface area contributed by atoms with E-state index in [4.69, 9.17) is 4.98 Å². The standard InChI is InChI=1S/C23H21FN8OS/c24-18-2-4-20(5-3-18)32(21(33)17-6-9-27-28-14-17)15-19-16-34-23(29-19)31-12-10-30(11-13-31)22-25-7-1-8-26-22/h1-9,14,16H,10-13,15H2. The number of carbonyl (C=O) groups is 1. The Bertz CT molecular complexity index is 1230. The van der Waals surface area contributed by atoms with Crippen molar-refractivity contribution in [3.63, 3.8) is 0 Å². The Kier molecular flexibility index (Phi) is 6.34. The maximum absolute atomic E-state index is 13.5. The summed E-state index contributed by atoms with van der Waals surface area (Å²) < 4.78 is 13.5. The summed E-state index contributed by atoms with van der Waals surface area (Å²) >= 11 is 1.54. The third kappa shape index (κ3) is 4.84. The molecule has 0 unspecified atom stereocenters. The zero-order chi connectivity index (χ0) is 23.3. The zero-order valence-corrected chi connectivity index (χ0v) is 19.0. The zero-order valence-electron chi connectivity index (χ0n) is 18.2. The maximum atomic E-state index is 13.5. The molecule has 34 heavy (non-hydrogen) atoms. The normalized spacial score (nSPS) is 13.7. The van der Waals surface area contributed by atoms with Crippen LogP contribution in [0.4, 0.5) is 21.2 Å². The van der Waals surface area contributed by atoms with Crippen LogP contribution in [0.3, 0.4) is 0 Å². The number of anilines is 3. The van der Waals surface area contributed by atoms with Gasteiger partial charge in [0.05, 0.1) is 30.2 Å². The summed E-state index contributed by atoms with van der Waals surface area (Å²) in [5.41, 5.74) is 1.73. The molecule has 4 heterocycles. The predicted molar refractivity (Wildman–Crippen MR) is 128 cm³/mol. The Balaban J connectivity index is 1.31. The van der Waals surface area contributed by atoms with Crippen molar-refractivity contribution in [2.75, 3.05) is 40.9 Å². The highest BCUT2D eigenvalue weighted by Gasteiger charge is 2.23. The molecular weight excluding hydrogens is 455 g/mol. The fraction of sp³-hybridized carbons (Fsp3) is 0.217. The van der Waals surface area contributed by atoms with Gasteiger partial charge in [-0.15, -0.1) is 11.3 Å². The van der Waals surface area contributed by atoms with Crippen molar-refractivity contribution in [1.82, 2.24) is 25.1 Å². The van der Waals surface area contributed by atoms with Crippen LogP contribution < -0.4 is 14.7 Å². The molecule has 0 saturated carbocycles. The largest absolute Gasteiger partial charge is 0.345 e. The predicted octanol–water partition coefficient (Wildman–Crippen LogP) is 3.04. The first-order valence-corrected chi connectivity index (χ1v) is 11.6. The van der Waals surface area contributed by atoms with Crippen molar-refractivity contribution in [2.24, 2.45) is 0 Å². The van der Waals surface area contributed by atoms with Gasteiger partial charge < -0.3 is 14.7 Å². The van der Waals surface area contributed by atoms with E-state index in [0.717, 1.165) is 43.0 Å². The molecule has 1 amide bonds. The smallest absolute Gasteiger partial charge is 0.260 e. The first kappa shape index (κ1) is 21.8. The number of hydrogen-bond donors (Lipinski definition) is 0. The van der Waals surface area contributed by atoms with Crippen molar-refractivity contribution < 1.29 is 9.18 Å². The highest BCUT2D eigenvalue weighted by Crippen LogP contribution is 2.26. The third-order valence-electron chi connectivity index (χ3n) is 5.46. The Labute approximate surface area is 199 Å². The fourth-order valence-corrected chi connectivity index (χ4v) is 4.57. The summed E-state index contributed by atoms with van der Waals surface area (Å²) in [4.78, 5) is 32.6. The molecule has 0 aliphatic carbocycles. The lowest BCUT2D eigenvalue weighted by Gasteiger charge is -2.34. The second-order valence-corrected chi connectivity index (χ2v) is 8.48. The van der Waals surface area contributed by atoms with Gasteiger partial charge in [-0.3, -0.25) is 4.79 Å². The van der Waals surface area contributed by atoms with Crippen molar-refractivity contribution in [3.8, 4) is 0 Å². The number of benzene rings is 1. The topological polar surface area (TPSA) is 91.2 Å². The molecule has 0 atom stereocenters. The molecule has 1 aliphatic heterocycles. The summed E-state index contributed by atoms with van der Waals surface area (Å²) in [5, 5.41) is 10.4. The lowest BCUT2D eigenvalue weighted by molar-refractivity contribution is 0.0984. The van der Waals surface area contributed by atoms with Gasteiger partial charge in [-0.05, 0) is 36.4 Å². The molecule has 4 aromatic rings. The molecule has 0 N–H and O–H groups in total. The van der Waals surface area contributed by atoms with Gasteiger partial charge in [0.25, 0.3) is 5.91 Å². The number of carbonyl (C=O) groups excluding carboxylic acids is 1. The van der Waals surface area contributed by atoms with Crippen molar-refractivity contribution in [1.29, 1.82) is 0 Å². The molecule has 0 spiro atoms. The Morgan fingerprint density at radius 1 is 0.971 bits per heavy atom. The Morgan fingerprint density at radius 3 is 2.41 bits per heavy atom. The third-order valence-corrected chi connectivity index (χ3v) is 6.41. The van der Waals surface area contributed by atoms with E-state index in [-0.39, 0.29) is 18.3 Å². The fourth-order valence-electron chi connectivity index (χ4n) is 3.70. The van der Waals surface area contributed by atoms with Gasteiger partial charge in [-0.1, -0.05) is 0 Å². The summed E-state index contributed by atoms with van der Waals surface area (Å²) in [5.74, 6) is 0.117. The van der Waals surface area contributed by atoms with Gasteiger partial charge in [0.15, 0.2) is 5.13 Å². The minimum absolute atomic E-state index is 0.251. The van der Waals surface area contributed by atoms with E-state index in [2.05, 4.69) is 30.0 Å². The minimum atomic E-state index is -0.363. The van der Waals surface area contributed by atoms with E-state index >= 15 is 0 Å². The van der Waals surface area contributed by atoms with Crippen LogP contribution in [0.25, 0.3) is 0 Å². The van der Waals surface area contributed by atoms with Gasteiger partial charge >= 0.3 is 0 Å². The molecule has 3 aromatic heterocycles. The average Bonchev–Trinajstić information content (AvgIpc) is 3.37. The second kappa shape index (κ2) is 9.87. The number of rotatable bonds is 6. The van der Waals surface area contributed by atoms with E-state index in [1.54, 1.807) is 46.8 Å². The molecule has 11 heteroatoms. The minimum Gasteiger partial charge on any atom is -0.345 e. The summed E-state index contributed by atoms with van der Waals surface area (Å²) in [6.07, 6.45) is 6.38. The number of nitrogens with zero attached hydrogens (tertiary/aromatic N) is 8. The number of amides is 1. The van der Waals surface area contributed by atoms with Crippen LogP contribution in [0.5, 0.6) is 0 Å². The molecule has 9 nitrogen and oxygen atoms in total. The van der Waals surface area contributed by atoms with Gasteiger partial charge in [0, 0.05) is 49.6 Å². The van der Waals surface area contributed by atoms with Crippen LogP contribution in [0.1, 0.15) is 16.1 Å². The summed E-state index contributed by atoms with van der Waals surface area (Å²) in [6, 6.07) is 9.25. The van der Waals surface area contributed by atoms with E-state index in [1.165, 1.54) is 24.5 Å². The van der Waals surface area contributed by atoms with E-state index in [0.29, 0.717) is 11.3 Å². The molecule has 1 aliphatic rings. The molecule has 0 bridgehead atoms. The van der Waals surface area contributed by atoms with Crippen molar-refractivity contribution in [3.05, 3.63) is 83.6 Å². The molecule has 0 radical (unpaired) electrons. The molecule has 1 aromatic carbocycles. The number of piperazine rings is 1. The van der Waals surface area contributed by atoms with Crippen LogP contribution in [-0.4, -0.2) is 57.2 Å². The Morgan fingerprint density at radius 2 is 1.71 bits per heavy atom. The summed E-state index contributed by atoms with van der Waals surface area (Å²) in [7, 11) is 0. The molecule has 1 saturated heterocycles. The van der Waals surface area contributed by atoms with Crippen molar-refractivity contribution >= 4 is 34.0 Å². The maximum Gasteiger partial charge on any atom is 0.260 e. The van der Waals surface area contributed by atoms with Gasteiger partial charge in [0.2, 0.25) is 5.95 Å². The highest BCUT2D eigenvalue weighted by atomic mass is 32.1. The van der Waals surface area contributed by atoms with E-state index < -0.39 is 0 Å². The van der Waals surface area contributed by atoms with E-state index in [1.807, 2.05) is 11.4 Å². The molecule has 1 fully saturated rings. The number of aromatic nitrogens is 5. The second-order valence-electron chi connectivity index (χ2n) is 7.64. The highest BCUT2D eigenvalue weighted by molar-refractivity contribution is 7.13. The monoisotopic (exact) mass is 476 g/mol. The first-order valence-electron chi connectivity index (χ1n) is 10.7. The van der Waals surface area contributed by atoms with Crippen LogP contribution in [0.15, 0.2) is 66.6 Å².